The Kier molecular flexibility index (Phi) is 2.37. The van der Waals surface area contributed by atoms with Crippen LogP contribution in [0.1, 0.15) is 23.0 Å². The van der Waals surface area contributed by atoms with Crippen LogP contribution < -0.4 is 5.73 Å². The maximum absolute atomic E-state index is 11.0. The van der Waals surface area contributed by atoms with Gasteiger partial charge in [0.1, 0.15) is 5.69 Å². The number of pyridine rings is 1. The Hall–Kier alpha value is -1.90. The largest absolute Gasteiger partial charge is 0.364 e. The van der Waals surface area contributed by atoms with Gasteiger partial charge in [0.25, 0.3) is 5.91 Å². The summed E-state index contributed by atoms with van der Waals surface area (Å²) in [5, 5.41) is 1.04. The molecular formula is C12H12N2O. The van der Waals surface area contributed by atoms with Gasteiger partial charge < -0.3 is 5.73 Å². The molecule has 2 aromatic rings. The van der Waals surface area contributed by atoms with E-state index in [-0.39, 0.29) is 0 Å². The minimum Gasteiger partial charge on any atom is -0.364 e. The molecule has 3 heteroatoms. The van der Waals surface area contributed by atoms with E-state index < -0.39 is 5.91 Å². The summed E-state index contributed by atoms with van der Waals surface area (Å²) in [6.07, 6.45) is 0.895. The first-order valence-corrected chi connectivity index (χ1v) is 4.91. The van der Waals surface area contributed by atoms with Gasteiger partial charge in [0.05, 0.1) is 5.52 Å². The van der Waals surface area contributed by atoms with Crippen LogP contribution in [0.15, 0.2) is 30.3 Å². The molecule has 2 rings (SSSR count). The van der Waals surface area contributed by atoms with E-state index in [1.54, 1.807) is 6.07 Å². The number of hydrogen-bond acceptors (Lipinski definition) is 2. The maximum Gasteiger partial charge on any atom is 0.267 e. The highest BCUT2D eigenvalue weighted by molar-refractivity contribution is 5.94. The average molecular weight is 200 g/mol. The number of para-hydroxylation sites is 1. The average Bonchev–Trinajstić information content (AvgIpc) is 2.27. The second kappa shape index (κ2) is 3.69. The highest BCUT2D eigenvalue weighted by atomic mass is 16.1. The monoisotopic (exact) mass is 200 g/mol. The number of benzene rings is 1. The van der Waals surface area contributed by atoms with E-state index in [0.717, 1.165) is 22.9 Å². The Morgan fingerprint density at radius 1 is 1.33 bits per heavy atom. The molecule has 0 spiro atoms. The lowest BCUT2D eigenvalue weighted by atomic mass is 10.1. The lowest BCUT2D eigenvalue weighted by molar-refractivity contribution is 0.0996. The zero-order valence-corrected chi connectivity index (χ0v) is 8.53. The number of nitrogens with zero attached hydrogens (tertiary/aromatic N) is 1. The van der Waals surface area contributed by atoms with Gasteiger partial charge in [0.15, 0.2) is 0 Å². The van der Waals surface area contributed by atoms with Crippen LogP contribution in [0.3, 0.4) is 0 Å². The lowest BCUT2D eigenvalue weighted by Gasteiger charge is -2.04. The zero-order valence-electron chi connectivity index (χ0n) is 8.53. The number of amides is 1. The van der Waals surface area contributed by atoms with Crippen LogP contribution >= 0.6 is 0 Å². The normalized spacial score (nSPS) is 10.5. The topological polar surface area (TPSA) is 56.0 Å². The minimum absolute atomic E-state index is 0.323. The van der Waals surface area contributed by atoms with Crippen molar-refractivity contribution in [1.82, 2.24) is 4.98 Å². The molecule has 3 nitrogen and oxygen atoms in total. The fraction of sp³-hybridized carbons (Fsp3) is 0.167. The first-order chi connectivity index (χ1) is 7.22. The molecule has 76 valence electrons. The molecule has 0 saturated carbocycles. The summed E-state index contributed by atoms with van der Waals surface area (Å²) in [5.74, 6) is -0.484. The van der Waals surface area contributed by atoms with Crippen LogP contribution in [0.4, 0.5) is 0 Å². The van der Waals surface area contributed by atoms with E-state index in [0.29, 0.717) is 5.69 Å². The summed E-state index contributed by atoms with van der Waals surface area (Å²) in [6, 6.07) is 9.52. The molecule has 1 aromatic carbocycles. The minimum atomic E-state index is -0.484. The number of aromatic nitrogens is 1. The van der Waals surface area contributed by atoms with Crippen molar-refractivity contribution in [2.45, 2.75) is 13.3 Å². The van der Waals surface area contributed by atoms with Crippen LogP contribution in [0.2, 0.25) is 0 Å². The van der Waals surface area contributed by atoms with Gasteiger partial charge in [-0.1, -0.05) is 31.2 Å². The molecule has 0 radical (unpaired) electrons. The third-order valence-corrected chi connectivity index (χ3v) is 2.44. The molecule has 0 aliphatic rings. The highest BCUT2D eigenvalue weighted by Gasteiger charge is 2.05. The summed E-state index contributed by atoms with van der Waals surface area (Å²) >= 11 is 0. The summed E-state index contributed by atoms with van der Waals surface area (Å²) < 4.78 is 0. The van der Waals surface area contributed by atoms with Crippen molar-refractivity contribution in [2.24, 2.45) is 5.73 Å². The second-order valence-corrected chi connectivity index (χ2v) is 3.40. The van der Waals surface area contributed by atoms with E-state index >= 15 is 0 Å². The first-order valence-electron chi connectivity index (χ1n) is 4.91. The number of fused-ring (bicyclic) bond motifs is 1. The van der Waals surface area contributed by atoms with E-state index in [4.69, 9.17) is 5.73 Å². The molecule has 0 aliphatic heterocycles. The molecule has 0 fully saturated rings. The molecule has 0 unspecified atom stereocenters. The molecule has 0 bridgehead atoms. The van der Waals surface area contributed by atoms with Gasteiger partial charge in [-0.2, -0.15) is 0 Å². The van der Waals surface area contributed by atoms with Crippen molar-refractivity contribution in [2.75, 3.05) is 0 Å². The van der Waals surface area contributed by atoms with Crippen molar-refractivity contribution in [1.29, 1.82) is 0 Å². The van der Waals surface area contributed by atoms with Crippen molar-refractivity contribution in [3.8, 4) is 0 Å². The second-order valence-electron chi connectivity index (χ2n) is 3.40. The van der Waals surface area contributed by atoms with Gasteiger partial charge in [-0.3, -0.25) is 4.79 Å². The van der Waals surface area contributed by atoms with Crippen molar-refractivity contribution in [3.05, 3.63) is 41.6 Å². The molecule has 0 atom stereocenters. The van der Waals surface area contributed by atoms with Crippen molar-refractivity contribution in [3.63, 3.8) is 0 Å². The van der Waals surface area contributed by atoms with Crippen LogP contribution in [0.25, 0.3) is 10.9 Å². The van der Waals surface area contributed by atoms with E-state index in [1.165, 1.54) is 0 Å². The number of carbonyl (C=O) groups excluding carboxylic acids is 1. The third kappa shape index (κ3) is 1.68. The van der Waals surface area contributed by atoms with Crippen LogP contribution in [-0.2, 0) is 6.42 Å². The standard InChI is InChI=1S/C12H12N2O/c1-2-8-4-3-5-9-6-7-10(12(13)15)14-11(8)9/h3-7H,2H2,1H3,(H2,13,15). The zero-order chi connectivity index (χ0) is 10.8. The Balaban J connectivity index is 2.72. The summed E-state index contributed by atoms with van der Waals surface area (Å²) in [4.78, 5) is 15.3. The van der Waals surface area contributed by atoms with Crippen LogP contribution in [0.5, 0.6) is 0 Å². The van der Waals surface area contributed by atoms with Gasteiger partial charge in [-0.15, -0.1) is 0 Å². The van der Waals surface area contributed by atoms with E-state index in [2.05, 4.69) is 11.9 Å². The molecule has 1 amide bonds. The molecule has 2 N–H and O–H groups in total. The Morgan fingerprint density at radius 3 is 2.80 bits per heavy atom. The molecule has 15 heavy (non-hydrogen) atoms. The van der Waals surface area contributed by atoms with Crippen molar-refractivity contribution >= 4 is 16.8 Å². The first kappa shape index (κ1) is 9.65. The fourth-order valence-electron chi connectivity index (χ4n) is 1.63. The van der Waals surface area contributed by atoms with Gasteiger partial charge in [0, 0.05) is 5.39 Å². The summed E-state index contributed by atoms with van der Waals surface area (Å²) in [5.41, 5.74) is 7.52. The highest BCUT2D eigenvalue weighted by Crippen LogP contribution is 2.17. The summed E-state index contributed by atoms with van der Waals surface area (Å²) in [7, 11) is 0. The fourth-order valence-corrected chi connectivity index (χ4v) is 1.63. The Labute approximate surface area is 87.9 Å². The predicted molar refractivity (Wildman–Crippen MR) is 59.6 cm³/mol. The molecule has 0 saturated heterocycles. The predicted octanol–water partition coefficient (Wildman–Crippen LogP) is 1.90. The van der Waals surface area contributed by atoms with Gasteiger partial charge >= 0.3 is 0 Å². The molecule has 1 heterocycles. The quantitative estimate of drug-likeness (QED) is 0.804. The maximum atomic E-state index is 11.0. The number of aryl methyl sites for hydroxylation is 1. The number of rotatable bonds is 2. The van der Waals surface area contributed by atoms with Gasteiger partial charge in [-0.05, 0) is 18.1 Å². The number of primary amides is 1. The molecular weight excluding hydrogens is 188 g/mol. The lowest BCUT2D eigenvalue weighted by Crippen LogP contribution is -2.12. The van der Waals surface area contributed by atoms with Crippen LogP contribution in [0, 0.1) is 0 Å². The Bertz CT molecular complexity index is 520. The summed E-state index contributed by atoms with van der Waals surface area (Å²) in [6.45, 7) is 2.06. The SMILES string of the molecule is CCc1cccc2ccc(C(N)=O)nc12. The number of carbonyl (C=O) groups is 1. The Morgan fingerprint density at radius 2 is 2.13 bits per heavy atom. The van der Waals surface area contributed by atoms with E-state index in [9.17, 15) is 4.79 Å². The van der Waals surface area contributed by atoms with Gasteiger partial charge in [-0.25, -0.2) is 4.98 Å². The van der Waals surface area contributed by atoms with Crippen LogP contribution in [-0.4, -0.2) is 10.9 Å². The smallest absolute Gasteiger partial charge is 0.267 e. The van der Waals surface area contributed by atoms with Gasteiger partial charge in [0.2, 0.25) is 0 Å². The van der Waals surface area contributed by atoms with E-state index in [1.807, 2.05) is 24.3 Å². The molecule has 1 aromatic heterocycles. The third-order valence-electron chi connectivity index (χ3n) is 2.44. The molecule has 0 aliphatic carbocycles. The van der Waals surface area contributed by atoms with Crippen molar-refractivity contribution < 1.29 is 4.79 Å². The number of hydrogen-bond donors (Lipinski definition) is 1. The number of nitrogens with two attached hydrogens (primary N) is 1.